The molecule has 2 aliphatic heterocycles. The Morgan fingerprint density at radius 3 is 2.81 bits per heavy atom. The number of hydrogen-bond acceptors (Lipinski definition) is 4. The highest BCUT2D eigenvalue weighted by Crippen LogP contribution is 2.35. The van der Waals surface area contributed by atoms with E-state index in [-0.39, 0.29) is 17.4 Å². The molecule has 1 amide bonds. The van der Waals surface area contributed by atoms with Crippen LogP contribution in [0.1, 0.15) is 46.1 Å². The van der Waals surface area contributed by atoms with Gasteiger partial charge in [-0.3, -0.25) is 4.79 Å². The van der Waals surface area contributed by atoms with Gasteiger partial charge in [-0.15, -0.1) is 0 Å². The lowest BCUT2D eigenvalue weighted by Gasteiger charge is -2.33. The van der Waals surface area contributed by atoms with E-state index in [1.165, 1.54) is 18.2 Å². The molecule has 0 unspecified atom stereocenters. The molecule has 0 spiro atoms. The summed E-state index contributed by atoms with van der Waals surface area (Å²) in [6.45, 7) is 2.30. The molecule has 4 heterocycles. The van der Waals surface area contributed by atoms with Crippen molar-refractivity contribution < 1.29 is 13.9 Å². The largest absolute Gasteiger partial charge is 0.376 e. The van der Waals surface area contributed by atoms with Crippen LogP contribution in [0.3, 0.4) is 0 Å². The molecule has 0 aliphatic carbocycles. The number of halogens is 2. The Morgan fingerprint density at radius 2 is 2.03 bits per heavy atom. The SMILES string of the molecule is O=C(c1cc(Cl)ccc1F)N1CCC(c2c3c(nn2-c2ccccn2)CCOC3)CC1. The first kappa shape index (κ1) is 20.2. The fraction of sp³-hybridized carbons (Fsp3) is 0.348. The van der Waals surface area contributed by atoms with Crippen LogP contribution in [-0.4, -0.2) is 45.3 Å². The van der Waals surface area contributed by atoms with Crippen LogP contribution in [0.15, 0.2) is 42.6 Å². The highest BCUT2D eigenvalue weighted by molar-refractivity contribution is 6.31. The van der Waals surface area contributed by atoms with Gasteiger partial charge in [0, 0.05) is 42.2 Å². The number of fused-ring (bicyclic) bond motifs is 1. The quantitative estimate of drug-likeness (QED) is 0.613. The zero-order chi connectivity index (χ0) is 21.4. The maximum Gasteiger partial charge on any atom is 0.256 e. The molecular formula is C23H22ClFN4O2. The van der Waals surface area contributed by atoms with E-state index < -0.39 is 5.82 Å². The molecule has 0 saturated carbocycles. The van der Waals surface area contributed by atoms with E-state index in [2.05, 4.69) is 4.98 Å². The number of aromatic nitrogens is 3. The predicted molar refractivity (Wildman–Crippen MR) is 114 cm³/mol. The van der Waals surface area contributed by atoms with E-state index >= 15 is 0 Å². The number of rotatable bonds is 3. The van der Waals surface area contributed by atoms with Gasteiger partial charge < -0.3 is 9.64 Å². The van der Waals surface area contributed by atoms with Crippen molar-refractivity contribution >= 4 is 17.5 Å². The number of carbonyl (C=O) groups excluding carboxylic acids is 1. The Kier molecular flexibility index (Phi) is 5.46. The molecule has 1 fully saturated rings. The molecule has 2 aromatic heterocycles. The smallest absolute Gasteiger partial charge is 0.256 e. The number of hydrogen-bond donors (Lipinski definition) is 0. The lowest BCUT2D eigenvalue weighted by atomic mass is 9.89. The minimum Gasteiger partial charge on any atom is -0.376 e. The van der Waals surface area contributed by atoms with E-state index in [1.807, 2.05) is 22.9 Å². The minimum absolute atomic E-state index is 0.0234. The highest BCUT2D eigenvalue weighted by Gasteiger charge is 2.32. The fourth-order valence-electron chi connectivity index (χ4n) is 4.47. The average Bonchev–Trinajstić information content (AvgIpc) is 3.20. The molecule has 160 valence electrons. The lowest BCUT2D eigenvalue weighted by Crippen LogP contribution is -2.38. The van der Waals surface area contributed by atoms with E-state index in [0.717, 1.165) is 42.0 Å². The predicted octanol–water partition coefficient (Wildman–Crippen LogP) is 4.15. The van der Waals surface area contributed by atoms with E-state index in [4.69, 9.17) is 21.4 Å². The Hall–Kier alpha value is -2.77. The third-order valence-corrected chi connectivity index (χ3v) is 6.27. The summed E-state index contributed by atoms with van der Waals surface area (Å²) >= 11 is 5.97. The number of amides is 1. The van der Waals surface area contributed by atoms with Crippen LogP contribution in [-0.2, 0) is 17.8 Å². The minimum atomic E-state index is -0.545. The van der Waals surface area contributed by atoms with Gasteiger partial charge >= 0.3 is 0 Å². The summed E-state index contributed by atoms with van der Waals surface area (Å²) in [5.41, 5.74) is 3.35. The molecular weight excluding hydrogens is 419 g/mol. The monoisotopic (exact) mass is 440 g/mol. The van der Waals surface area contributed by atoms with Crippen molar-refractivity contribution in [3.63, 3.8) is 0 Å². The molecule has 0 bridgehead atoms. The maximum absolute atomic E-state index is 14.2. The van der Waals surface area contributed by atoms with Crippen LogP contribution in [0, 0.1) is 5.82 Å². The molecule has 2 aliphatic rings. The van der Waals surface area contributed by atoms with E-state index in [1.54, 1.807) is 11.1 Å². The summed E-state index contributed by atoms with van der Waals surface area (Å²) in [5.74, 6) is 0.137. The highest BCUT2D eigenvalue weighted by atomic mass is 35.5. The summed E-state index contributed by atoms with van der Waals surface area (Å²) in [7, 11) is 0. The number of likely N-dealkylation sites (tertiary alicyclic amines) is 1. The second kappa shape index (κ2) is 8.40. The van der Waals surface area contributed by atoms with Crippen LogP contribution >= 0.6 is 11.6 Å². The van der Waals surface area contributed by atoms with Gasteiger partial charge in [0.2, 0.25) is 0 Å². The molecule has 0 radical (unpaired) electrons. The molecule has 1 saturated heterocycles. The molecule has 0 N–H and O–H groups in total. The van der Waals surface area contributed by atoms with Crippen molar-refractivity contribution in [2.45, 2.75) is 31.8 Å². The van der Waals surface area contributed by atoms with E-state index in [0.29, 0.717) is 31.3 Å². The van der Waals surface area contributed by atoms with Crippen LogP contribution < -0.4 is 0 Å². The van der Waals surface area contributed by atoms with Crippen LogP contribution in [0.25, 0.3) is 5.82 Å². The van der Waals surface area contributed by atoms with Crippen molar-refractivity contribution in [3.8, 4) is 5.82 Å². The van der Waals surface area contributed by atoms with Crippen molar-refractivity contribution in [2.75, 3.05) is 19.7 Å². The van der Waals surface area contributed by atoms with Crippen molar-refractivity contribution in [3.05, 3.63) is 75.9 Å². The standard InChI is InChI=1S/C23H22ClFN4O2/c24-16-4-5-19(25)17(13-16)23(30)28-10-6-15(7-11-28)22-18-14-31-12-8-20(18)27-29(22)21-3-1-2-9-26-21/h1-5,9,13,15H,6-8,10-12,14H2. The topological polar surface area (TPSA) is 60.2 Å². The second-order valence-electron chi connectivity index (χ2n) is 7.90. The summed E-state index contributed by atoms with van der Waals surface area (Å²) < 4.78 is 21.8. The van der Waals surface area contributed by atoms with Gasteiger partial charge in [0.15, 0.2) is 5.82 Å². The molecule has 5 rings (SSSR count). The first-order valence-electron chi connectivity index (χ1n) is 10.5. The summed E-state index contributed by atoms with van der Waals surface area (Å²) in [4.78, 5) is 19.1. The molecule has 31 heavy (non-hydrogen) atoms. The van der Waals surface area contributed by atoms with Gasteiger partial charge in [0.1, 0.15) is 5.82 Å². The van der Waals surface area contributed by atoms with Crippen molar-refractivity contribution in [2.24, 2.45) is 0 Å². The first-order valence-corrected chi connectivity index (χ1v) is 10.8. The number of carbonyl (C=O) groups is 1. The summed E-state index contributed by atoms with van der Waals surface area (Å²) in [6, 6.07) is 9.86. The molecule has 8 heteroatoms. The first-order chi connectivity index (χ1) is 15.1. The third-order valence-electron chi connectivity index (χ3n) is 6.03. The normalized spacial score (nSPS) is 16.9. The molecule has 6 nitrogen and oxygen atoms in total. The summed E-state index contributed by atoms with van der Waals surface area (Å²) in [5, 5.41) is 5.20. The second-order valence-corrected chi connectivity index (χ2v) is 8.34. The van der Waals surface area contributed by atoms with Gasteiger partial charge in [0.05, 0.1) is 30.2 Å². The fourth-order valence-corrected chi connectivity index (χ4v) is 4.64. The van der Waals surface area contributed by atoms with Gasteiger partial charge in [-0.1, -0.05) is 17.7 Å². The molecule has 1 aromatic carbocycles. The molecule has 3 aromatic rings. The number of nitrogens with zero attached hydrogens (tertiary/aromatic N) is 4. The zero-order valence-electron chi connectivity index (χ0n) is 16.9. The number of pyridine rings is 1. The lowest BCUT2D eigenvalue weighted by molar-refractivity contribution is 0.0704. The Balaban J connectivity index is 1.40. The number of benzene rings is 1. The van der Waals surface area contributed by atoms with Gasteiger partial charge in [-0.25, -0.2) is 14.1 Å². The zero-order valence-corrected chi connectivity index (χ0v) is 17.7. The van der Waals surface area contributed by atoms with Crippen LogP contribution in [0.4, 0.5) is 4.39 Å². The number of ether oxygens (including phenoxy) is 1. The average molecular weight is 441 g/mol. The number of piperidine rings is 1. The van der Waals surface area contributed by atoms with Gasteiger partial charge in [0.25, 0.3) is 5.91 Å². The van der Waals surface area contributed by atoms with Crippen molar-refractivity contribution in [1.29, 1.82) is 0 Å². The maximum atomic E-state index is 14.2. The van der Waals surface area contributed by atoms with Gasteiger partial charge in [-0.05, 0) is 43.2 Å². The Labute approximate surface area is 184 Å². The van der Waals surface area contributed by atoms with E-state index in [9.17, 15) is 9.18 Å². The third kappa shape index (κ3) is 3.83. The Morgan fingerprint density at radius 1 is 1.19 bits per heavy atom. The van der Waals surface area contributed by atoms with Crippen LogP contribution in [0.2, 0.25) is 5.02 Å². The van der Waals surface area contributed by atoms with Gasteiger partial charge in [-0.2, -0.15) is 5.10 Å². The molecule has 0 atom stereocenters. The van der Waals surface area contributed by atoms with Crippen LogP contribution in [0.5, 0.6) is 0 Å². The summed E-state index contributed by atoms with van der Waals surface area (Å²) in [6.07, 6.45) is 4.07. The Bertz CT molecular complexity index is 1110. The van der Waals surface area contributed by atoms with Crippen molar-refractivity contribution in [1.82, 2.24) is 19.7 Å².